The Bertz CT molecular complexity index is 845. The van der Waals surface area contributed by atoms with Crippen LogP contribution in [-0.4, -0.2) is 25.5 Å². The largest absolute Gasteiger partial charge is 0.348 e. The van der Waals surface area contributed by atoms with Crippen molar-refractivity contribution in [1.82, 2.24) is 24.9 Å². The van der Waals surface area contributed by atoms with Gasteiger partial charge in [-0.1, -0.05) is 12.1 Å². The second kappa shape index (κ2) is 6.70. The van der Waals surface area contributed by atoms with E-state index in [1.807, 2.05) is 56.0 Å². The number of hydrogen-bond donors (Lipinski definition) is 1. The summed E-state index contributed by atoms with van der Waals surface area (Å²) in [4.78, 5) is 12.2. The van der Waals surface area contributed by atoms with Gasteiger partial charge in [0, 0.05) is 36.6 Å². The van der Waals surface area contributed by atoms with Gasteiger partial charge in [0.05, 0.1) is 18.4 Å². The van der Waals surface area contributed by atoms with Crippen LogP contribution < -0.4 is 5.32 Å². The van der Waals surface area contributed by atoms with E-state index in [0.717, 1.165) is 22.5 Å². The van der Waals surface area contributed by atoms with E-state index in [4.69, 9.17) is 0 Å². The van der Waals surface area contributed by atoms with Gasteiger partial charge in [0.2, 0.25) is 0 Å². The molecular formula is C18H21N5O. The molecular weight excluding hydrogens is 302 g/mol. The number of carbonyl (C=O) groups excluding carboxylic acids is 1. The molecule has 0 aliphatic carbocycles. The summed E-state index contributed by atoms with van der Waals surface area (Å²) in [7, 11) is 1.85. The molecule has 0 aliphatic rings. The van der Waals surface area contributed by atoms with Crippen LogP contribution in [0.5, 0.6) is 0 Å². The summed E-state index contributed by atoms with van der Waals surface area (Å²) in [5.41, 5.74) is 4.89. The molecule has 0 fully saturated rings. The van der Waals surface area contributed by atoms with E-state index in [-0.39, 0.29) is 5.91 Å². The number of carbonyl (C=O) groups is 1. The summed E-state index contributed by atoms with van der Waals surface area (Å²) in [5.74, 6) is -0.0866. The Balaban J connectivity index is 1.61. The lowest BCUT2D eigenvalue weighted by Crippen LogP contribution is -2.22. The van der Waals surface area contributed by atoms with E-state index >= 15 is 0 Å². The van der Waals surface area contributed by atoms with Crippen molar-refractivity contribution >= 4 is 5.91 Å². The fourth-order valence-electron chi connectivity index (χ4n) is 2.62. The van der Waals surface area contributed by atoms with Crippen LogP contribution in [0, 0.1) is 13.8 Å². The fourth-order valence-corrected chi connectivity index (χ4v) is 2.62. The van der Waals surface area contributed by atoms with Crippen molar-refractivity contribution in [1.29, 1.82) is 0 Å². The molecule has 6 heteroatoms. The van der Waals surface area contributed by atoms with Gasteiger partial charge in [0.1, 0.15) is 0 Å². The first-order chi connectivity index (χ1) is 11.5. The topological polar surface area (TPSA) is 64.7 Å². The molecule has 124 valence electrons. The third kappa shape index (κ3) is 3.71. The monoisotopic (exact) mass is 323 g/mol. The van der Waals surface area contributed by atoms with E-state index in [9.17, 15) is 4.79 Å². The number of hydrogen-bond acceptors (Lipinski definition) is 3. The maximum absolute atomic E-state index is 12.2. The van der Waals surface area contributed by atoms with Crippen LogP contribution in [0.15, 0.2) is 42.7 Å². The van der Waals surface area contributed by atoms with Gasteiger partial charge >= 0.3 is 0 Å². The molecule has 3 rings (SSSR count). The molecule has 0 aliphatic heterocycles. The fraction of sp³-hybridized carbons (Fsp3) is 0.278. The molecule has 2 heterocycles. The van der Waals surface area contributed by atoms with Gasteiger partial charge in [-0.2, -0.15) is 10.2 Å². The molecule has 2 aromatic heterocycles. The van der Waals surface area contributed by atoms with Gasteiger partial charge < -0.3 is 5.32 Å². The highest BCUT2D eigenvalue weighted by atomic mass is 16.1. The number of amides is 1. The average molecular weight is 323 g/mol. The molecule has 3 aromatic rings. The molecule has 6 nitrogen and oxygen atoms in total. The second-order valence-corrected chi connectivity index (χ2v) is 5.99. The molecule has 0 unspecified atom stereocenters. The molecule has 1 aromatic carbocycles. The summed E-state index contributed by atoms with van der Waals surface area (Å²) in [6, 6.07) is 9.68. The zero-order valence-electron chi connectivity index (χ0n) is 14.2. The average Bonchev–Trinajstić information content (AvgIpc) is 3.11. The highest BCUT2D eigenvalue weighted by Crippen LogP contribution is 2.09. The maximum Gasteiger partial charge on any atom is 0.251 e. The summed E-state index contributed by atoms with van der Waals surface area (Å²) >= 11 is 0. The van der Waals surface area contributed by atoms with Crippen LogP contribution in [0.25, 0.3) is 0 Å². The second-order valence-electron chi connectivity index (χ2n) is 5.99. The first kappa shape index (κ1) is 16.0. The van der Waals surface area contributed by atoms with Crippen molar-refractivity contribution in [2.45, 2.75) is 26.9 Å². The van der Waals surface area contributed by atoms with E-state index < -0.39 is 0 Å². The zero-order valence-corrected chi connectivity index (χ0v) is 14.2. The van der Waals surface area contributed by atoms with E-state index in [0.29, 0.717) is 18.7 Å². The minimum absolute atomic E-state index is 0.0866. The molecule has 1 N–H and O–H groups in total. The Hall–Kier alpha value is -2.89. The lowest BCUT2D eigenvalue weighted by Gasteiger charge is -2.07. The van der Waals surface area contributed by atoms with Gasteiger partial charge in [-0.05, 0) is 37.6 Å². The molecule has 0 atom stereocenters. The minimum Gasteiger partial charge on any atom is -0.348 e. The number of benzene rings is 1. The summed E-state index contributed by atoms with van der Waals surface area (Å²) < 4.78 is 3.68. The van der Waals surface area contributed by atoms with Crippen LogP contribution in [0.2, 0.25) is 0 Å². The molecule has 24 heavy (non-hydrogen) atoms. The van der Waals surface area contributed by atoms with Crippen LogP contribution in [0.3, 0.4) is 0 Å². The number of aryl methyl sites for hydroxylation is 3. The van der Waals surface area contributed by atoms with Crippen molar-refractivity contribution in [3.05, 3.63) is 70.8 Å². The molecule has 1 amide bonds. The Labute approximate surface area is 141 Å². The van der Waals surface area contributed by atoms with Gasteiger partial charge in [-0.25, -0.2) is 0 Å². The van der Waals surface area contributed by atoms with Crippen molar-refractivity contribution < 1.29 is 4.79 Å². The third-order valence-corrected chi connectivity index (χ3v) is 3.86. The maximum atomic E-state index is 12.2. The number of rotatable bonds is 5. The van der Waals surface area contributed by atoms with Crippen LogP contribution in [0.4, 0.5) is 0 Å². The third-order valence-electron chi connectivity index (χ3n) is 3.86. The van der Waals surface area contributed by atoms with Crippen LogP contribution in [0.1, 0.15) is 32.9 Å². The van der Waals surface area contributed by atoms with Gasteiger partial charge in [0.25, 0.3) is 5.91 Å². The SMILES string of the molecule is Cc1cc(C)n(Cc2ccc(C(=O)NCc3cnn(C)c3)cc2)n1. The van der Waals surface area contributed by atoms with Crippen molar-refractivity contribution in [3.8, 4) is 0 Å². The molecule has 0 spiro atoms. The first-order valence-corrected chi connectivity index (χ1v) is 7.87. The summed E-state index contributed by atoms with van der Waals surface area (Å²) in [6.07, 6.45) is 3.63. The Kier molecular flexibility index (Phi) is 4.46. The highest BCUT2D eigenvalue weighted by Gasteiger charge is 2.07. The predicted octanol–water partition coefficient (Wildman–Crippen LogP) is 2.21. The van der Waals surface area contributed by atoms with Gasteiger partial charge in [0.15, 0.2) is 0 Å². The lowest BCUT2D eigenvalue weighted by molar-refractivity contribution is 0.0951. The minimum atomic E-state index is -0.0866. The predicted molar refractivity (Wildman–Crippen MR) is 91.6 cm³/mol. The van der Waals surface area contributed by atoms with Crippen LogP contribution in [-0.2, 0) is 20.1 Å². The van der Waals surface area contributed by atoms with E-state index in [2.05, 4.69) is 21.6 Å². The Morgan fingerprint density at radius 3 is 2.50 bits per heavy atom. The van der Waals surface area contributed by atoms with Crippen molar-refractivity contribution in [2.24, 2.45) is 7.05 Å². The summed E-state index contributed by atoms with van der Waals surface area (Å²) in [6.45, 7) is 5.21. The van der Waals surface area contributed by atoms with Gasteiger partial charge in [-0.3, -0.25) is 14.2 Å². The van der Waals surface area contributed by atoms with Crippen molar-refractivity contribution in [2.75, 3.05) is 0 Å². The van der Waals surface area contributed by atoms with Crippen molar-refractivity contribution in [3.63, 3.8) is 0 Å². The molecule has 0 bridgehead atoms. The highest BCUT2D eigenvalue weighted by molar-refractivity contribution is 5.94. The Morgan fingerprint density at radius 1 is 1.17 bits per heavy atom. The standard InChI is InChI=1S/C18H21N5O/c1-13-8-14(2)23(21-13)12-15-4-6-17(7-5-15)18(24)19-9-16-10-20-22(3)11-16/h4-8,10-11H,9,12H2,1-3H3,(H,19,24). The normalized spacial score (nSPS) is 10.8. The quantitative estimate of drug-likeness (QED) is 0.783. The number of aromatic nitrogens is 4. The van der Waals surface area contributed by atoms with E-state index in [1.54, 1.807) is 10.9 Å². The molecule has 0 saturated carbocycles. The number of nitrogens with zero attached hydrogens (tertiary/aromatic N) is 4. The summed E-state index contributed by atoms with van der Waals surface area (Å²) in [5, 5.41) is 11.4. The zero-order chi connectivity index (χ0) is 17.1. The lowest BCUT2D eigenvalue weighted by atomic mass is 10.1. The van der Waals surface area contributed by atoms with Gasteiger partial charge in [-0.15, -0.1) is 0 Å². The molecule has 0 saturated heterocycles. The number of nitrogens with one attached hydrogen (secondary N) is 1. The van der Waals surface area contributed by atoms with E-state index in [1.165, 1.54) is 0 Å². The smallest absolute Gasteiger partial charge is 0.251 e. The first-order valence-electron chi connectivity index (χ1n) is 7.87. The Morgan fingerprint density at radius 2 is 1.92 bits per heavy atom. The van der Waals surface area contributed by atoms with Crippen LogP contribution >= 0.6 is 0 Å². The molecule has 0 radical (unpaired) electrons.